The van der Waals surface area contributed by atoms with Gasteiger partial charge in [-0.1, -0.05) is 0 Å². The second-order valence-corrected chi connectivity index (χ2v) is 1.69. The van der Waals surface area contributed by atoms with Crippen LogP contribution in [-0.2, 0) is 16.8 Å². The van der Waals surface area contributed by atoms with E-state index in [0.29, 0.717) is 3.71 Å². The van der Waals surface area contributed by atoms with Gasteiger partial charge >= 0.3 is 6.09 Å². The summed E-state index contributed by atoms with van der Waals surface area (Å²) >= 11 is 6.58. The van der Waals surface area contributed by atoms with Crippen LogP contribution in [0.2, 0.25) is 0 Å². The summed E-state index contributed by atoms with van der Waals surface area (Å²) in [5.74, 6) is 0. The molecule has 1 N–H and O–H groups in total. The normalized spacial score (nSPS) is 6.57. The number of carbonyl (C=O) groups is 1. The van der Waals surface area contributed by atoms with Gasteiger partial charge in [0, 0.05) is 16.8 Å². The van der Waals surface area contributed by atoms with E-state index >= 15 is 0 Å². The molecule has 1 radical (unpaired) electrons. The van der Waals surface area contributed by atoms with E-state index in [2.05, 4.69) is 25.6 Å². The van der Waals surface area contributed by atoms with Crippen LogP contribution in [0.3, 0.4) is 0 Å². The van der Waals surface area contributed by atoms with Crippen molar-refractivity contribution >= 4 is 31.7 Å². The van der Waals surface area contributed by atoms with Crippen LogP contribution < -0.4 is 0 Å². The van der Waals surface area contributed by atoms with Crippen molar-refractivity contribution in [3.63, 3.8) is 0 Å². The summed E-state index contributed by atoms with van der Waals surface area (Å²) in [5.41, 5.74) is 0. The summed E-state index contributed by atoms with van der Waals surface area (Å²) in [4.78, 5) is 9.47. The van der Waals surface area contributed by atoms with E-state index in [1.807, 2.05) is 0 Å². The van der Waals surface area contributed by atoms with Crippen LogP contribution in [0.15, 0.2) is 0 Å². The van der Waals surface area contributed by atoms with Gasteiger partial charge in [0.05, 0.1) is 0 Å². The van der Waals surface area contributed by atoms with E-state index in [1.54, 1.807) is 0 Å². The van der Waals surface area contributed by atoms with Crippen molar-refractivity contribution in [1.82, 2.24) is 3.71 Å². The fourth-order valence-electron chi connectivity index (χ4n) is 0. The van der Waals surface area contributed by atoms with Crippen molar-refractivity contribution in [3.05, 3.63) is 0 Å². The zero-order valence-electron chi connectivity index (χ0n) is 3.03. The van der Waals surface area contributed by atoms with Crippen LogP contribution in [0.4, 0.5) is 4.79 Å². The number of carboxylic acid groups (broad SMARTS) is 1. The van der Waals surface area contributed by atoms with Crippen molar-refractivity contribution < 1.29 is 26.7 Å². The van der Waals surface area contributed by atoms with Gasteiger partial charge in [-0.15, -0.1) is 0 Å². The number of amides is 1. The number of nitrogens with zero attached hydrogens (tertiary/aromatic N) is 1. The second-order valence-electron chi connectivity index (χ2n) is 0.572. The van der Waals surface area contributed by atoms with Crippen molar-refractivity contribution in [2.24, 2.45) is 0 Å². The van der Waals surface area contributed by atoms with E-state index in [0.717, 1.165) is 0 Å². The first-order chi connectivity index (χ1) is 2.64. The molecule has 0 aliphatic carbocycles. The van der Waals surface area contributed by atoms with Gasteiger partial charge in [-0.3, -0.25) is 0 Å². The van der Waals surface area contributed by atoms with Crippen LogP contribution in [0, 0.1) is 0 Å². The van der Waals surface area contributed by atoms with Crippen LogP contribution in [-0.4, -0.2) is 14.9 Å². The Morgan fingerprint density at radius 1 is 1.57 bits per heavy atom. The molecule has 0 spiro atoms. The second kappa shape index (κ2) is 4.63. The quantitative estimate of drug-likeness (QED) is 0.484. The third-order valence-corrected chi connectivity index (χ3v) is 0.513. The van der Waals surface area contributed by atoms with Crippen LogP contribution in [0.1, 0.15) is 0 Å². The molecule has 0 aliphatic heterocycles. The summed E-state index contributed by atoms with van der Waals surface area (Å²) in [7, 11) is 0. The molecule has 0 bridgehead atoms. The first kappa shape index (κ1) is 10.5. The van der Waals surface area contributed by atoms with Crippen molar-refractivity contribution in [2.75, 3.05) is 0 Å². The molecular formula is CH3CoNO2S2. The minimum absolute atomic E-state index is 0. The summed E-state index contributed by atoms with van der Waals surface area (Å²) in [6.07, 6.45) is -1.18. The molecule has 0 unspecified atom stereocenters. The molecule has 1 amide bonds. The molecule has 0 saturated carbocycles. The monoisotopic (exact) mass is 184 g/mol. The van der Waals surface area contributed by atoms with Crippen molar-refractivity contribution in [3.8, 4) is 0 Å². The summed E-state index contributed by atoms with van der Waals surface area (Å²) in [6.45, 7) is 0. The Bertz CT molecular complexity index is 66.7. The number of thiol groups is 2. The Morgan fingerprint density at radius 3 is 1.71 bits per heavy atom. The third kappa shape index (κ3) is 6.48. The zero-order chi connectivity index (χ0) is 5.15. The molecule has 6 heteroatoms. The molecule has 0 aliphatic rings. The maximum Gasteiger partial charge on any atom is 0.427 e. The van der Waals surface area contributed by atoms with E-state index in [4.69, 9.17) is 5.11 Å². The van der Waals surface area contributed by atoms with Gasteiger partial charge in [-0.25, -0.2) is 4.79 Å². The number of hydrogen-bond donors (Lipinski definition) is 3. The van der Waals surface area contributed by atoms with Gasteiger partial charge in [-0.2, -0.15) is 3.71 Å². The van der Waals surface area contributed by atoms with Crippen molar-refractivity contribution in [1.29, 1.82) is 0 Å². The molecule has 0 fully saturated rings. The topological polar surface area (TPSA) is 40.5 Å². The van der Waals surface area contributed by atoms with Gasteiger partial charge in [-0.05, 0) is 25.6 Å². The Balaban J connectivity index is 0. The average molecular weight is 184 g/mol. The first-order valence-corrected chi connectivity index (χ1v) is 1.85. The zero-order valence-corrected chi connectivity index (χ0v) is 5.86. The molecule has 0 aromatic rings. The largest absolute Gasteiger partial charge is 0.464 e. The Morgan fingerprint density at radius 2 is 1.71 bits per heavy atom. The average Bonchev–Trinajstić information content (AvgIpc) is 1.36. The molecule has 0 heterocycles. The first-order valence-electron chi connectivity index (χ1n) is 1.05. The molecule has 0 aromatic heterocycles. The van der Waals surface area contributed by atoms with Crippen LogP contribution >= 0.6 is 25.6 Å². The van der Waals surface area contributed by atoms with E-state index in [-0.39, 0.29) is 16.8 Å². The van der Waals surface area contributed by atoms with Gasteiger partial charge in [0.15, 0.2) is 0 Å². The molecule has 7 heavy (non-hydrogen) atoms. The SMILES string of the molecule is O=C(O)N(S)S.[Co]. The van der Waals surface area contributed by atoms with Crippen LogP contribution in [0.5, 0.6) is 0 Å². The summed E-state index contributed by atoms with van der Waals surface area (Å²) in [6, 6.07) is 0. The molecular weight excluding hydrogens is 181 g/mol. The van der Waals surface area contributed by atoms with E-state index in [9.17, 15) is 4.79 Å². The molecule has 0 saturated heterocycles. The predicted octanol–water partition coefficient (Wildman–Crippen LogP) is 0.653. The standard InChI is InChI=1S/CH3NO2S2.Co/c3-1(4)2(5)6;/h5-6H,(H,3,4);. The predicted molar refractivity (Wildman–Crippen MR) is 27.8 cm³/mol. The fraction of sp³-hybridized carbons (Fsp3) is 0. The molecule has 0 rings (SSSR count). The fourth-order valence-corrected chi connectivity index (χ4v) is 0. The van der Waals surface area contributed by atoms with Crippen molar-refractivity contribution in [2.45, 2.75) is 0 Å². The molecule has 45 valence electrons. The van der Waals surface area contributed by atoms with Crippen LogP contribution in [0.25, 0.3) is 0 Å². The third-order valence-electron chi connectivity index (χ3n) is 0.171. The van der Waals surface area contributed by atoms with Gasteiger partial charge in [0.25, 0.3) is 0 Å². The van der Waals surface area contributed by atoms with Gasteiger partial charge in [0.2, 0.25) is 0 Å². The summed E-state index contributed by atoms with van der Waals surface area (Å²) in [5, 5.41) is 7.76. The maximum absolute atomic E-state index is 9.47. The molecule has 0 aromatic carbocycles. The molecule has 0 atom stereocenters. The molecule has 3 nitrogen and oxygen atoms in total. The van der Waals surface area contributed by atoms with E-state index in [1.165, 1.54) is 0 Å². The summed E-state index contributed by atoms with van der Waals surface area (Å²) < 4.78 is 0.472. The Labute approximate surface area is 62.4 Å². The van der Waals surface area contributed by atoms with Gasteiger partial charge in [0.1, 0.15) is 0 Å². The van der Waals surface area contributed by atoms with E-state index < -0.39 is 6.09 Å². The Hall–Kier alpha value is 0.476. The maximum atomic E-state index is 9.47. The minimum atomic E-state index is -1.18. The van der Waals surface area contributed by atoms with Gasteiger partial charge < -0.3 is 5.11 Å². The number of hydrogen-bond acceptors (Lipinski definition) is 3. The smallest absolute Gasteiger partial charge is 0.427 e. The number of rotatable bonds is 0. The Kier molecular flexibility index (Phi) is 6.92. The minimum Gasteiger partial charge on any atom is -0.464 e.